The number of hydrogen-bond donors (Lipinski definition) is 0. The number of benzene rings is 1. The van der Waals surface area contributed by atoms with Gasteiger partial charge in [0, 0.05) is 6.42 Å². The van der Waals surface area contributed by atoms with Gasteiger partial charge in [-0.3, -0.25) is 19.3 Å². The first-order valence-electron chi connectivity index (χ1n) is 10.4. The van der Waals surface area contributed by atoms with Gasteiger partial charge in [0.05, 0.1) is 24.1 Å². The van der Waals surface area contributed by atoms with Gasteiger partial charge in [-0.2, -0.15) is 5.10 Å². The van der Waals surface area contributed by atoms with Crippen LogP contribution in [0.1, 0.15) is 44.6 Å². The highest BCUT2D eigenvalue weighted by Gasteiger charge is 2.51. The average Bonchev–Trinajstić information content (AvgIpc) is 3.36. The van der Waals surface area contributed by atoms with Crippen molar-refractivity contribution in [2.24, 2.45) is 16.9 Å². The minimum absolute atomic E-state index is 0.294. The van der Waals surface area contributed by atoms with Crippen LogP contribution in [0, 0.1) is 11.8 Å². The standard InChI is InChI=1S/C22H25N3O5/c1-14(25-20(27)16-9-5-6-10-17(16)21(25)28)22(29)30-13-19(26)24-12-11-18(23-24)15-7-3-2-4-8-15/h2-4,7-8,14,16-17H,5-6,9-13H2,1H3/t14-,16-,17+/m0/s1. The van der Waals surface area contributed by atoms with Gasteiger partial charge in [0.25, 0.3) is 5.91 Å². The third-order valence-corrected chi connectivity index (χ3v) is 6.14. The number of hydrazone groups is 1. The van der Waals surface area contributed by atoms with Gasteiger partial charge in [0.15, 0.2) is 6.61 Å². The quantitative estimate of drug-likeness (QED) is 0.543. The molecule has 0 radical (unpaired) electrons. The van der Waals surface area contributed by atoms with Crippen molar-refractivity contribution in [2.75, 3.05) is 13.2 Å². The second-order valence-electron chi connectivity index (χ2n) is 8.01. The molecule has 1 saturated heterocycles. The number of fused-ring (bicyclic) bond motifs is 1. The number of nitrogens with zero attached hydrogens (tertiary/aromatic N) is 3. The number of carbonyl (C=O) groups excluding carboxylic acids is 4. The minimum Gasteiger partial charge on any atom is -0.454 e. The van der Waals surface area contributed by atoms with E-state index in [4.69, 9.17) is 4.74 Å². The second kappa shape index (κ2) is 8.38. The summed E-state index contributed by atoms with van der Waals surface area (Å²) >= 11 is 0. The highest BCUT2D eigenvalue weighted by atomic mass is 16.5. The minimum atomic E-state index is -1.04. The van der Waals surface area contributed by atoms with E-state index < -0.39 is 24.5 Å². The Morgan fingerprint density at radius 3 is 2.37 bits per heavy atom. The van der Waals surface area contributed by atoms with Crippen molar-refractivity contribution >= 4 is 29.4 Å². The van der Waals surface area contributed by atoms with E-state index >= 15 is 0 Å². The topological polar surface area (TPSA) is 96.3 Å². The fraction of sp³-hybridized carbons (Fsp3) is 0.500. The fourth-order valence-corrected chi connectivity index (χ4v) is 4.47. The maximum Gasteiger partial charge on any atom is 0.329 e. The van der Waals surface area contributed by atoms with Crippen LogP contribution in [0.3, 0.4) is 0 Å². The molecule has 30 heavy (non-hydrogen) atoms. The Balaban J connectivity index is 1.33. The van der Waals surface area contributed by atoms with Gasteiger partial charge in [-0.25, -0.2) is 9.80 Å². The van der Waals surface area contributed by atoms with Crippen LogP contribution in [0.4, 0.5) is 0 Å². The van der Waals surface area contributed by atoms with Crippen LogP contribution in [0.25, 0.3) is 0 Å². The van der Waals surface area contributed by atoms with Crippen molar-refractivity contribution in [1.29, 1.82) is 0 Å². The average molecular weight is 411 g/mol. The van der Waals surface area contributed by atoms with Gasteiger partial charge in [0.1, 0.15) is 6.04 Å². The molecule has 0 bridgehead atoms. The Bertz CT molecular complexity index is 873. The van der Waals surface area contributed by atoms with E-state index in [0.29, 0.717) is 25.8 Å². The Morgan fingerprint density at radius 1 is 1.10 bits per heavy atom. The van der Waals surface area contributed by atoms with Crippen molar-refractivity contribution < 1.29 is 23.9 Å². The molecule has 2 heterocycles. The van der Waals surface area contributed by atoms with E-state index in [1.54, 1.807) is 0 Å². The predicted molar refractivity (Wildman–Crippen MR) is 107 cm³/mol. The molecule has 0 N–H and O–H groups in total. The highest BCUT2D eigenvalue weighted by molar-refractivity contribution is 6.08. The maximum absolute atomic E-state index is 12.6. The molecular weight excluding hydrogens is 386 g/mol. The summed E-state index contributed by atoms with van der Waals surface area (Å²) in [5.41, 5.74) is 1.76. The van der Waals surface area contributed by atoms with Crippen LogP contribution in [0.15, 0.2) is 35.4 Å². The number of imide groups is 1. The van der Waals surface area contributed by atoms with Crippen molar-refractivity contribution in [1.82, 2.24) is 9.91 Å². The third-order valence-electron chi connectivity index (χ3n) is 6.14. The van der Waals surface area contributed by atoms with Crippen LogP contribution in [0.5, 0.6) is 0 Å². The van der Waals surface area contributed by atoms with Gasteiger partial charge < -0.3 is 4.74 Å². The summed E-state index contributed by atoms with van der Waals surface area (Å²) in [6.07, 6.45) is 3.83. The van der Waals surface area contributed by atoms with Crippen LogP contribution in [-0.4, -0.2) is 58.5 Å². The van der Waals surface area contributed by atoms with Gasteiger partial charge in [0.2, 0.25) is 11.8 Å². The first-order valence-corrected chi connectivity index (χ1v) is 10.4. The molecule has 3 atom stereocenters. The predicted octanol–water partition coefficient (Wildman–Crippen LogP) is 1.73. The number of ether oxygens (including phenoxy) is 1. The molecule has 0 unspecified atom stereocenters. The van der Waals surface area contributed by atoms with E-state index in [1.807, 2.05) is 30.3 Å². The lowest BCUT2D eigenvalue weighted by Gasteiger charge is -2.21. The van der Waals surface area contributed by atoms with Gasteiger partial charge >= 0.3 is 5.97 Å². The summed E-state index contributed by atoms with van der Waals surface area (Å²) in [7, 11) is 0. The zero-order valence-corrected chi connectivity index (χ0v) is 17.0. The number of hydrogen-bond acceptors (Lipinski definition) is 6. The van der Waals surface area contributed by atoms with Crippen molar-refractivity contribution in [3.05, 3.63) is 35.9 Å². The van der Waals surface area contributed by atoms with Gasteiger partial charge in [-0.15, -0.1) is 0 Å². The van der Waals surface area contributed by atoms with Crippen LogP contribution in [0.2, 0.25) is 0 Å². The first-order chi connectivity index (χ1) is 14.5. The molecule has 0 aromatic heterocycles. The molecule has 1 saturated carbocycles. The van der Waals surface area contributed by atoms with Crippen molar-refractivity contribution in [2.45, 2.75) is 45.1 Å². The summed E-state index contributed by atoms with van der Waals surface area (Å²) in [5, 5.41) is 5.61. The number of carbonyl (C=O) groups is 4. The van der Waals surface area contributed by atoms with Crippen LogP contribution < -0.4 is 0 Å². The molecule has 1 aliphatic carbocycles. The molecule has 8 nitrogen and oxygen atoms in total. The highest BCUT2D eigenvalue weighted by Crippen LogP contribution is 2.38. The Hall–Kier alpha value is -3.03. The summed E-state index contributed by atoms with van der Waals surface area (Å²) in [5.74, 6) is -2.42. The lowest BCUT2D eigenvalue weighted by Crippen LogP contribution is -2.45. The number of esters is 1. The molecule has 158 valence electrons. The molecular formula is C22H25N3O5. The lowest BCUT2D eigenvalue weighted by atomic mass is 9.81. The lowest BCUT2D eigenvalue weighted by molar-refractivity contribution is -0.161. The fourth-order valence-electron chi connectivity index (χ4n) is 4.47. The van der Waals surface area contributed by atoms with E-state index in [-0.39, 0.29) is 23.7 Å². The van der Waals surface area contributed by atoms with Gasteiger partial charge in [-0.1, -0.05) is 43.2 Å². The molecule has 3 amide bonds. The smallest absolute Gasteiger partial charge is 0.329 e. The number of rotatable bonds is 5. The van der Waals surface area contributed by atoms with E-state index in [9.17, 15) is 19.2 Å². The zero-order valence-electron chi connectivity index (χ0n) is 17.0. The number of amides is 3. The molecule has 2 fully saturated rings. The molecule has 3 aliphatic rings. The molecule has 8 heteroatoms. The van der Waals surface area contributed by atoms with E-state index in [0.717, 1.165) is 29.0 Å². The van der Waals surface area contributed by atoms with Crippen molar-refractivity contribution in [3.8, 4) is 0 Å². The molecule has 1 aromatic carbocycles. The Morgan fingerprint density at radius 2 is 1.73 bits per heavy atom. The van der Waals surface area contributed by atoms with E-state index in [2.05, 4.69) is 5.10 Å². The Kier molecular flexibility index (Phi) is 5.65. The molecule has 0 spiro atoms. The molecule has 2 aliphatic heterocycles. The summed E-state index contributed by atoms with van der Waals surface area (Å²) < 4.78 is 5.14. The largest absolute Gasteiger partial charge is 0.454 e. The second-order valence-corrected chi connectivity index (χ2v) is 8.01. The first kappa shape index (κ1) is 20.3. The Labute approximate surface area is 174 Å². The molecule has 1 aromatic rings. The SMILES string of the molecule is C[C@@H](C(=O)OCC(=O)N1CCC(c2ccccc2)=N1)N1C(=O)[C@H]2CCCC[C@H]2C1=O. The summed E-state index contributed by atoms with van der Waals surface area (Å²) in [4.78, 5) is 51.1. The normalized spacial score (nSPS) is 24.5. The van der Waals surface area contributed by atoms with E-state index in [1.165, 1.54) is 11.9 Å². The monoisotopic (exact) mass is 411 g/mol. The summed E-state index contributed by atoms with van der Waals surface area (Å²) in [6, 6.07) is 8.54. The number of likely N-dealkylation sites (tertiary alicyclic amines) is 1. The maximum atomic E-state index is 12.6. The molecule has 4 rings (SSSR count). The zero-order chi connectivity index (χ0) is 21.3. The van der Waals surface area contributed by atoms with Crippen LogP contribution in [-0.2, 0) is 23.9 Å². The third kappa shape index (κ3) is 3.74. The van der Waals surface area contributed by atoms with Gasteiger partial charge in [-0.05, 0) is 25.3 Å². The van der Waals surface area contributed by atoms with Crippen molar-refractivity contribution in [3.63, 3.8) is 0 Å². The van der Waals surface area contributed by atoms with Crippen LogP contribution >= 0.6 is 0 Å². The summed E-state index contributed by atoms with van der Waals surface area (Å²) in [6.45, 7) is 1.42.